The molecule has 8 heteroatoms. The van der Waals surface area contributed by atoms with Crippen LogP contribution in [0.1, 0.15) is 116 Å². The maximum atomic E-state index is 9.99. The molecular weight excluding hydrogens is 1390 g/mol. The van der Waals surface area contributed by atoms with E-state index in [1.54, 1.807) is 4.57 Å². The monoisotopic (exact) mass is 1480 g/mol. The molecule has 550 valence electrons. The van der Waals surface area contributed by atoms with E-state index in [2.05, 4.69) is 326 Å². The van der Waals surface area contributed by atoms with E-state index in [0.717, 1.165) is 155 Å². The Labute approximate surface area is 675 Å². The highest BCUT2D eigenvalue weighted by atomic mass is 16.3. The van der Waals surface area contributed by atoms with Crippen molar-refractivity contribution in [2.45, 2.75) is 105 Å². The number of nitrogens with zero attached hydrogens (tertiary/aromatic N) is 5. The lowest BCUT2D eigenvalue weighted by Gasteiger charge is -2.45. The lowest BCUT2D eigenvalue weighted by Crippen LogP contribution is -2.61. The summed E-state index contributed by atoms with van der Waals surface area (Å²) in [4.78, 5) is 4.96. The number of para-hydroxylation sites is 4. The smallest absolute Gasteiger partial charge is 0.252 e. The van der Waals surface area contributed by atoms with Gasteiger partial charge in [-0.2, -0.15) is 0 Å². The third-order valence-electron chi connectivity index (χ3n) is 24.5. The molecule has 0 atom stereocenters. The van der Waals surface area contributed by atoms with Gasteiger partial charge in [-0.25, -0.2) is 0 Å². The second-order valence-electron chi connectivity index (χ2n) is 35.5. The molecule has 20 aromatic rings. The molecule has 0 spiro atoms. The van der Waals surface area contributed by atoms with Crippen molar-refractivity contribution in [1.82, 2.24) is 13.7 Å². The van der Waals surface area contributed by atoms with Gasteiger partial charge in [0.15, 0.2) is 0 Å². The molecule has 0 fully saturated rings. The van der Waals surface area contributed by atoms with Crippen molar-refractivity contribution in [3.63, 3.8) is 0 Å². The summed E-state index contributed by atoms with van der Waals surface area (Å²) in [6, 6.07) is 88.9. The van der Waals surface area contributed by atoms with E-state index in [9.17, 15) is 11.0 Å². The Morgan fingerprint density at radius 2 is 0.693 bits per heavy atom. The van der Waals surface area contributed by atoms with E-state index in [1.165, 1.54) is 22.3 Å². The molecule has 15 aromatic carbocycles. The summed E-state index contributed by atoms with van der Waals surface area (Å²) in [5, 5.41) is 8.12. The summed E-state index contributed by atoms with van der Waals surface area (Å²) in [5.41, 5.74) is 25.0. The molecule has 2 aliphatic rings. The lowest BCUT2D eigenvalue weighted by molar-refractivity contribution is 0.590. The number of anilines is 6. The number of aromatic nitrogens is 3. The lowest BCUT2D eigenvalue weighted by atomic mass is 9.33. The zero-order chi connectivity index (χ0) is 84.3. The molecule has 5 aromatic heterocycles. The van der Waals surface area contributed by atoms with Gasteiger partial charge in [0.25, 0.3) is 6.71 Å². The maximum absolute atomic E-state index is 9.99. The van der Waals surface area contributed by atoms with Gasteiger partial charge < -0.3 is 32.3 Å². The van der Waals surface area contributed by atoms with Crippen LogP contribution in [0.5, 0.6) is 0 Å². The Hall–Kier alpha value is -13.0. The van der Waals surface area contributed by atoms with Crippen LogP contribution in [0.25, 0.3) is 149 Å². The fourth-order valence-electron chi connectivity index (χ4n) is 18.7. The molecule has 0 radical (unpaired) electrons. The Morgan fingerprint density at radius 1 is 0.281 bits per heavy atom. The molecule has 7 heterocycles. The van der Waals surface area contributed by atoms with Gasteiger partial charge in [-0.15, -0.1) is 0 Å². The first kappa shape index (κ1) is 59.7. The highest BCUT2D eigenvalue weighted by molar-refractivity contribution is 7.00. The molecule has 2 aliphatic heterocycles. The number of rotatable bonds is 7. The first-order valence-corrected chi connectivity index (χ1v) is 39.7. The van der Waals surface area contributed by atoms with Crippen molar-refractivity contribution in [2.75, 3.05) is 9.80 Å². The van der Waals surface area contributed by atoms with Crippen LogP contribution in [0.4, 0.5) is 34.1 Å². The Kier molecular flexibility index (Phi) is 12.7. The van der Waals surface area contributed by atoms with Gasteiger partial charge in [0.2, 0.25) is 0 Å². The normalized spacial score (nSPS) is 14.4. The average molecular weight is 1480 g/mol. The molecule has 0 saturated carbocycles. The first-order valence-electron chi connectivity index (χ1n) is 43.7. The van der Waals surface area contributed by atoms with E-state index in [4.69, 9.17) is 8.83 Å². The molecule has 114 heavy (non-hydrogen) atoms. The fraction of sp³-hybridized carbons (Fsp3) is 0.151. The zero-order valence-electron chi connectivity index (χ0n) is 73.9. The van der Waals surface area contributed by atoms with Gasteiger partial charge >= 0.3 is 0 Å². The van der Waals surface area contributed by atoms with Crippen LogP contribution in [0.3, 0.4) is 0 Å². The van der Waals surface area contributed by atoms with Crippen molar-refractivity contribution in [3.05, 3.63) is 325 Å². The summed E-state index contributed by atoms with van der Waals surface area (Å²) in [5.74, 6) is 0. The minimum Gasteiger partial charge on any atom is -0.456 e. The van der Waals surface area contributed by atoms with Crippen LogP contribution in [0.2, 0.25) is 0 Å². The van der Waals surface area contributed by atoms with Gasteiger partial charge in [-0.05, 0) is 210 Å². The second-order valence-corrected chi connectivity index (χ2v) is 35.5. The van der Waals surface area contributed by atoms with Crippen molar-refractivity contribution >= 4 is 167 Å². The van der Waals surface area contributed by atoms with Gasteiger partial charge in [0.05, 0.1) is 71.9 Å². The van der Waals surface area contributed by atoms with E-state index >= 15 is 0 Å². The van der Waals surface area contributed by atoms with Gasteiger partial charge in [-0.1, -0.05) is 253 Å². The minimum atomic E-state index is -0.597. The number of hydrogen-bond acceptors (Lipinski definition) is 4. The van der Waals surface area contributed by atoms with Gasteiger partial charge in [0, 0.05) is 82.8 Å². The van der Waals surface area contributed by atoms with Crippen molar-refractivity contribution in [2.24, 2.45) is 0 Å². The number of benzene rings is 15. The molecule has 0 saturated heterocycles. The molecule has 0 N–H and O–H groups in total. The summed E-state index contributed by atoms with van der Waals surface area (Å²) < 4.78 is 97.5. The topological polar surface area (TPSA) is 47.6 Å². The quantitative estimate of drug-likeness (QED) is 0.149. The molecule has 0 bridgehead atoms. The van der Waals surface area contributed by atoms with Crippen LogP contribution in [-0.4, -0.2) is 20.4 Å². The number of fused-ring (bicyclic) bond motifs is 19. The number of furan rings is 2. The van der Waals surface area contributed by atoms with Crippen molar-refractivity contribution < 1.29 is 19.8 Å². The maximum Gasteiger partial charge on any atom is 0.252 e. The summed E-state index contributed by atoms with van der Waals surface area (Å²) >= 11 is 0. The van der Waals surface area contributed by atoms with Crippen LogP contribution in [0, 0.1) is 0 Å². The third-order valence-corrected chi connectivity index (χ3v) is 24.5. The van der Waals surface area contributed by atoms with Crippen LogP contribution in [-0.2, 0) is 21.7 Å². The molecule has 0 unspecified atom stereocenters. The molecule has 22 rings (SSSR count). The van der Waals surface area contributed by atoms with Gasteiger partial charge in [0.1, 0.15) is 22.3 Å². The molecule has 0 amide bonds. The van der Waals surface area contributed by atoms with Crippen LogP contribution < -0.4 is 26.2 Å². The van der Waals surface area contributed by atoms with Crippen LogP contribution >= 0.6 is 0 Å². The minimum absolute atomic E-state index is 0.0101. The zero-order valence-corrected chi connectivity index (χ0v) is 65.9. The van der Waals surface area contributed by atoms with Crippen LogP contribution in [0.15, 0.2) is 312 Å². The largest absolute Gasteiger partial charge is 0.456 e. The van der Waals surface area contributed by atoms with Crippen molar-refractivity contribution in [1.29, 1.82) is 0 Å². The highest BCUT2D eigenvalue weighted by Crippen LogP contribution is 2.55. The van der Waals surface area contributed by atoms with E-state index in [1.807, 2.05) is 30.3 Å². The average Bonchev–Trinajstić information content (AvgIpc) is 1.73. The molecular formula is C106H86BN5O2. The summed E-state index contributed by atoms with van der Waals surface area (Å²) in [7, 11) is 0. The predicted molar refractivity (Wildman–Crippen MR) is 484 cm³/mol. The third kappa shape index (κ3) is 10.1. The van der Waals surface area contributed by atoms with Crippen molar-refractivity contribution in [3.8, 4) is 39.3 Å². The Balaban J connectivity index is 0.961. The van der Waals surface area contributed by atoms with E-state index < -0.39 is 43.0 Å². The SMILES string of the molecule is [2H]c1c([2H])c([2H])c2c(c1[2H])c1c([2H])c([2H])c([2H])c([2H])c1n2-c1ccc2c(c1)N(c1c(-c3ccccc3)ccc3oc4ccccc4c13)c1cc(-n3c4ccc(C(C)(C)C)cc4c4cc(C(C)(C)C)ccc43)cc3c1B2c1ccc(-n2c4ccc(C(C)(C)C)cc4c4cc(C(C)(C)C)ccc42)cc1N3c1cc(-c2ccccc2)cc2oc3ccccc3c12. The Morgan fingerprint density at radius 3 is 1.19 bits per heavy atom. The predicted octanol–water partition coefficient (Wildman–Crippen LogP) is 27.4. The van der Waals surface area contributed by atoms with Gasteiger partial charge in [-0.3, -0.25) is 0 Å². The van der Waals surface area contributed by atoms with E-state index in [-0.39, 0.29) is 55.6 Å². The molecule has 0 aliphatic carbocycles. The highest BCUT2D eigenvalue weighted by Gasteiger charge is 2.46. The fourth-order valence-corrected chi connectivity index (χ4v) is 18.7. The Bertz CT molecular complexity index is 7780. The summed E-state index contributed by atoms with van der Waals surface area (Å²) in [6.07, 6.45) is 0. The number of hydrogen-bond donors (Lipinski definition) is 0. The summed E-state index contributed by atoms with van der Waals surface area (Å²) in [6.45, 7) is 26.8. The first-order chi connectivity index (χ1) is 58.4. The second kappa shape index (κ2) is 24.2. The standard InChI is InChI=1S/C106H86BN5O2/c1-103(2,3)66-39-48-86-78(55-66)79-56-67(104(4,5)6)40-49-87(79)109(86)70-43-46-82-90(59-70)111(92-53-65(63-27-15-13-16-28-63)54-98-99(92)76-33-21-25-37-95(76)114-98)93-61-72(110-88-50-41-68(105(7,8)9)57-80(88)81-58-69(106(10,11)12)42-51-89(81)110)62-94-101(93)107(82)83-47-44-71(108-84-35-23-19-31-74(84)75-32-20-24-36-85(75)108)60-91(83)112(94)102-73(64-29-17-14-18-30-64)45-52-97-100(102)77-34-22-26-38-96(77)113-97/h13-62H,1-12H3/i19D,20D,23D,24D,31D,32D,35D,36D. The molecule has 7 nitrogen and oxygen atoms in total. The van der Waals surface area contributed by atoms with E-state index in [0.29, 0.717) is 22.5 Å².